The summed E-state index contributed by atoms with van der Waals surface area (Å²) in [5.41, 5.74) is 0.100. The van der Waals surface area contributed by atoms with Crippen molar-refractivity contribution in [2.75, 3.05) is 11.1 Å². The van der Waals surface area contributed by atoms with Gasteiger partial charge in [0.05, 0.1) is 16.5 Å². The molecule has 27 heavy (non-hydrogen) atoms. The van der Waals surface area contributed by atoms with Crippen molar-refractivity contribution in [2.45, 2.75) is 11.8 Å². The molecule has 0 radical (unpaired) electrons. The van der Waals surface area contributed by atoms with E-state index >= 15 is 0 Å². The quantitative estimate of drug-likeness (QED) is 0.491. The summed E-state index contributed by atoms with van der Waals surface area (Å²) in [5.74, 6) is -0.185. The molecular formula is C17H12BrClFN3O3S. The zero-order chi connectivity index (χ0) is 19.2. The van der Waals surface area contributed by atoms with Gasteiger partial charge in [0.15, 0.2) is 6.61 Å². The van der Waals surface area contributed by atoms with Gasteiger partial charge in [0.25, 0.3) is 11.1 Å². The summed E-state index contributed by atoms with van der Waals surface area (Å²) < 4.78 is 25.2. The third-order valence-electron chi connectivity index (χ3n) is 3.17. The lowest BCUT2D eigenvalue weighted by Crippen LogP contribution is -2.15. The van der Waals surface area contributed by atoms with Crippen molar-refractivity contribution in [3.8, 4) is 5.75 Å². The molecule has 10 heteroatoms. The van der Waals surface area contributed by atoms with Crippen LogP contribution in [0.3, 0.4) is 0 Å². The summed E-state index contributed by atoms with van der Waals surface area (Å²) in [4.78, 5) is 11.9. The highest BCUT2D eigenvalue weighted by atomic mass is 79.9. The molecule has 3 rings (SSSR count). The van der Waals surface area contributed by atoms with Crippen LogP contribution < -0.4 is 10.1 Å². The number of anilines is 1. The third kappa shape index (κ3) is 5.69. The average Bonchev–Trinajstić information content (AvgIpc) is 3.10. The lowest BCUT2D eigenvalue weighted by molar-refractivity contribution is -0.113. The summed E-state index contributed by atoms with van der Waals surface area (Å²) in [7, 11) is 0. The van der Waals surface area contributed by atoms with Crippen LogP contribution in [-0.4, -0.2) is 21.9 Å². The van der Waals surface area contributed by atoms with Gasteiger partial charge in [-0.1, -0.05) is 51.4 Å². The van der Waals surface area contributed by atoms with Gasteiger partial charge in [-0.15, -0.1) is 10.2 Å². The maximum absolute atomic E-state index is 13.7. The van der Waals surface area contributed by atoms with Gasteiger partial charge in [-0.3, -0.25) is 4.79 Å². The van der Waals surface area contributed by atoms with Gasteiger partial charge in [-0.2, -0.15) is 0 Å². The molecule has 0 bridgehead atoms. The number of benzene rings is 2. The topological polar surface area (TPSA) is 77.2 Å². The summed E-state index contributed by atoms with van der Waals surface area (Å²) in [6, 6.07) is 11.4. The highest BCUT2D eigenvalue weighted by molar-refractivity contribution is 9.10. The minimum absolute atomic E-state index is 0.0114. The number of carbonyl (C=O) groups is 1. The predicted octanol–water partition coefficient (Wildman–Crippen LogP) is 4.93. The van der Waals surface area contributed by atoms with Crippen LogP contribution in [0.15, 0.2) is 56.6 Å². The van der Waals surface area contributed by atoms with Crippen molar-refractivity contribution in [3.63, 3.8) is 0 Å². The number of amides is 1. The van der Waals surface area contributed by atoms with Crippen LogP contribution >= 0.6 is 39.3 Å². The highest BCUT2D eigenvalue weighted by Crippen LogP contribution is 2.25. The molecule has 0 unspecified atom stereocenters. The minimum Gasteiger partial charge on any atom is -0.482 e. The Hall–Kier alpha value is -2.10. The lowest BCUT2D eigenvalue weighted by atomic mass is 10.3. The predicted molar refractivity (Wildman–Crippen MR) is 104 cm³/mol. The molecule has 0 saturated carbocycles. The molecule has 3 aromatic rings. The smallest absolute Gasteiger partial charge is 0.277 e. The van der Waals surface area contributed by atoms with Gasteiger partial charge in [-0.25, -0.2) is 4.39 Å². The van der Waals surface area contributed by atoms with E-state index in [2.05, 4.69) is 31.4 Å². The van der Waals surface area contributed by atoms with Crippen LogP contribution in [0.25, 0.3) is 0 Å². The maximum atomic E-state index is 13.7. The number of rotatable bonds is 7. The van der Waals surface area contributed by atoms with E-state index in [0.29, 0.717) is 15.2 Å². The molecule has 1 aromatic heterocycles. The Kier molecular flexibility index (Phi) is 6.70. The Bertz CT molecular complexity index is 957. The number of halogens is 3. The van der Waals surface area contributed by atoms with Crippen LogP contribution in [0.4, 0.5) is 10.1 Å². The van der Waals surface area contributed by atoms with Gasteiger partial charge in [0, 0.05) is 4.47 Å². The molecule has 140 valence electrons. The standard InChI is InChI=1S/C17H12BrClFN3O3S/c18-10-5-6-13(12(20)7-10)21-15(24)9-27-17-23-22-16(26-17)8-25-14-4-2-1-3-11(14)19/h1-7H,8-9H2,(H,21,24). The molecule has 0 fully saturated rings. The largest absolute Gasteiger partial charge is 0.482 e. The molecule has 0 aliphatic heterocycles. The third-order valence-corrected chi connectivity index (χ3v) is 4.79. The molecule has 1 amide bonds. The number of thioether (sulfide) groups is 1. The van der Waals surface area contributed by atoms with E-state index in [1.54, 1.807) is 30.3 Å². The van der Waals surface area contributed by atoms with Gasteiger partial charge < -0.3 is 14.5 Å². The van der Waals surface area contributed by atoms with E-state index in [-0.39, 0.29) is 29.2 Å². The molecule has 0 atom stereocenters. The van der Waals surface area contributed by atoms with Gasteiger partial charge in [0.1, 0.15) is 11.6 Å². The highest BCUT2D eigenvalue weighted by Gasteiger charge is 2.12. The van der Waals surface area contributed by atoms with Gasteiger partial charge >= 0.3 is 0 Å². The van der Waals surface area contributed by atoms with Gasteiger partial charge in [0.2, 0.25) is 5.91 Å². The maximum Gasteiger partial charge on any atom is 0.277 e. The molecule has 6 nitrogen and oxygen atoms in total. The molecule has 1 heterocycles. The van der Waals surface area contributed by atoms with Crippen molar-refractivity contribution in [2.24, 2.45) is 0 Å². The number of hydrogen-bond donors (Lipinski definition) is 1. The second-order valence-corrected chi connectivity index (χ2v) is 7.39. The first-order valence-corrected chi connectivity index (χ1v) is 9.74. The average molecular weight is 473 g/mol. The first-order valence-electron chi connectivity index (χ1n) is 7.58. The molecule has 0 aliphatic carbocycles. The molecular weight excluding hydrogens is 461 g/mol. The minimum atomic E-state index is -0.528. The fourth-order valence-electron chi connectivity index (χ4n) is 1.96. The van der Waals surface area contributed by atoms with Crippen LogP contribution in [0.2, 0.25) is 5.02 Å². The van der Waals surface area contributed by atoms with Crippen LogP contribution in [0.1, 0.15) is 5.89 Å². The number of nitrogens with zero attached hydrogens (tertiary/aromatic N) is 2. The zero-order valence-electron chi connectivity index (χ0n) is 13.6. The molecule has 1 N–H and O–H groups in total. The van der Waals surface area contributed by atoms with Crippen LogP contribution in [-0.2, 0) is 11.4 Å². The molecule has 0 spiro atoms. The van der Waals surface area contributed by atoms with E-state index in [1.807, 2.05) is 0 Å². The Morgan fingerprint density at radius 3 is 2.89 bits per heavy atom. The monoisotopic (exact) mass is 471 g/mol. The van der Waals surface area contributed by atoms with Crippen LogP contribution in [0, 0.1) is 5.82 Å². The second kappa shape index (κ2) is 9.20. The number of para-hydroxylation sites is 1. The molecule has 0 saturated heterocycles. The first-order chi connectivity index (χ1) is 13.0. The number of aromatic nitrogens is 2. The first kappa shape index (κ1) is 19.7. The van der Waals surface area contributed by atoms with Crippen LogP contribution in [0.5, 0.6) is 5.75 Å². The normalized spacial score (nSPS) is 10.6. The van der Waals surface area contributed by atoms with Crippen molar-refractivity contribution in [3.05, 3.63) is 63.7 Å². The van der Waals surface area contributed by atoms with E-state index in [0.717, 1.165) is 11.8 Å². The van der Waals surface area contributed by atoms with E-state index in [9.17, 15) is 9.18 Å². The number of ether oxygens (including phenoxy) is 1. The fraction of sp³-hybridized carbons (Fsp3) is 0.118. The SMILES string of the molecule is O=C(CSc1nnc(COc2ccccc2Cl)o1)Nc1ccc(Br)cc1F. The Labute approximate surface area is 171 Å². The van der Waals surface area contributed by atoms with Crippen molar-refractivity contribution < 1.29 is 18.3 Å². The number of hydrogen-bond acceptors (Lipinski definition) is 6. The summed E-state index contributed by atoms with van der Waals surface area (Å²) >= 11 is 10.2. The number of nitrogens with one attached hydrogen (secondary N) is 1. The lowest BCUT2D eigenvalue weighted by Gasteiger charge is -2.05. The summed E-state index contributed by atoms with van der Waals surface area (Å²) in [6.45, 7) is 0.0492. The van der Waals surface area contributed by atoms with Crippen molar-refractivity contribution >= 4 is 50.9 Å². The summed E-state index contributed by atoms with van der Waals surface area (Å²) in [6.07, 6.45) is 0. The summed E-state index contributed by atoms with van der Waals surface area (Å²) in [5, 5.41) is 10.8. The van der Waals surface area contributed by atoms with E-state index < -0.39 is 11.7 Å². The van der Waals surface area contributed by atoms with E-state index in [4.69, 9.17) is 20.8 Å². The zero-order valence-corrected chi connectivity index (χ0v) is 16.8. The fourth-order valence-corrected chi connectivity index (χ4v) is 3.06. The van der Waals surface area contributed by atoms with Crippen molar-refractivity contribution in [1.82, 2.24) is 10.2 Å². The Morgan fingerprint density at radius 2 is 2.11 bits per heavy atom. The number of carbonyl (C=O) groups excluding carboxylic acids is 1. The van der Waals surface area contributed by atoms with Crippen molar-refractivity contribution in [1.29, 1.82) is 0 Å². The Balaban J connectivity index is 1.49. The van der Waals surface area contributed by atoms with E-state index in [1.165, 1.54) is 12.1 Å². The molecule has 2 aromatic carbocycles. The van der Waals surface area contributed by atoms with Gasteiger partial charge in [-0.05, 0) is 30.3 Å². The second-order valence-electron chi connectivity index (χ2n) is 5.14. The molecule has 0 aliphatic rings. The Morgan fingerprint density at radius 1 is 1.30 bits per heavy atom.